The maximum atomic E-state index is 12.2. The second-order valence-electron chi connectivity index (χ2n) is 6.21. The van der Waals surface area contributed by atoms with Crippen LogP contribution in [0.3, 0.4) is 0 Å². The van der Waals surface area contributed by atoms with Crippen LogP contribution in [-0.4, -0.2) is 41.9 Å². The highest BCUT2D eigenvalue weighted by atomic mass is 32.2. The van der Waals surface area contributed by atoms with Gasteiger partial charge in [-0.3, -0.25) is 0 Å². The average Bonchev–Trinajstić information content (AvgIpc) is 3.02. The predicted octanol–water partition coefficient (Wildman–Crippen LogP) is -2.69. The van der Waals surface area contributed by atoms with Crippen molar-refractivity contribution in [1.82, 2.24) is 9.44 Å². The van der Waals surface area contributed by atoms with Gasteiger partial charge in [0.05, 0.1) is 34.8 Å². The zero-order valence-electron chi connectivity index (χ0n) is 14.7. The molecule has 0 unspecified atom stereocenters. The van der Waals surface area contributed by atoms with E-state index < -0.39 is 45.1 Å². The number of hydrogen-bond donors (Lipinski definition) is 2. The lowest BCUT2D eigenvalue weighted by molar-refractivity contribution is -0.305. The van der Waals surface area contributed by atoms with E-state index in [1.165, 1.54) is 24.3 Å². The fourth-order valence-corrected chi connectivity index (χ4v) is 5.01. The Morgan fingerprint density at radius 1 is 0.759 bits per heavy atom. The summed E-state index contributed by atoms with van der Waals surface area (Å²) >= 11 is 0. The highest BCUT2D eigenvalue weighted by Crippen LogP contribution is 2.38. The largest absolute Gasteiger partial charge is 0.549 e. The summed E-state index contributed by atoms with van der Waals surface area (Å²) in [5, 5.41) is 21.0. The Morgan fingerprint density at radius 2 is 1.14 bits per heavy atom. The van der Waals surface area contributed by atoms with Crippen molar-refractivity contribution in [1.29, 1.82) is 0 Å². The predicted molar refractivity (Wildman–Crippen MR) is 95.1 cm³/mol. The summed E-state index contributed by atoms with van der Waals surface area (Å²) in [6.45, 7) is -1.72. The first-order valence-corrected chi connectivity index (χ1v) is 11.1. The molecule has 1 aliphatic rings. The van der Waals surface area contributed by atoms with Gasteiger partial charge in [0.2, 0.25) is 20.0 Å². The topological polar surface area (TPSA) is 173 Å². The van der Waals surface area contributed by atoms with Gasteiger partial charge in [0.15, 0.2) is 0 Å². The number of carbonyl (C=O) groups is 2. The summed E-state index contributed by atoms with van der Waals surface area (Å²) in [5.41, 5.74) is 2.66. The summed E-state index contributed by atoms with van der Waals surface area (Å²) in [5.74, 6) is -3.13. The molecule has 0 saturated heterocycles. The monoisotopic (exact) mass is 438 g/mol. The SMILES string of the molecule is O=C([O-])CNS(=O)(=O)c1ccc2c(c1)Cc1cc(S(=O)(=O)NCC(=O)[O-])ccc1-2. The van der Waals surface area contributed by atoms with E-state index in [1.807, 2.05) is 9.44 Å². The van der Waals surface area contributed by atoms with Gasteiger partial charge in [-0.1, -0.05) is 12.1 Å². The summed E-state index contributed by atoms with van der Waals surface area (Å²) in [7, 11) is -8.10. The molecule has 3 rings (SSSR count). The van der Waals surface area contributed by atoms with E-state index in [0.717, 1.165) is 0 Å². The molecule has 0 aromatic heterocycles. The van der Waals surface area contributed by atoms with E-state index in [1.54, 1.807) is 12.1 Å². The molecule has 0 aliphatic heterocycles. The van der Waals surface area contributed by atoms with E-state index in [0.29, 0.717) is 22.3 Å². The molecule has 10 nitrogen and oxygen atoms in total. The molecule has 2 aromatic carbocycles. The zero-order valence-corrected chi connectivity index (χ0v) is 16.3. The third-order valence-corrected chi connectivity index (χ3v) is 7.06. The number of rotatable bonds is 8. The molecule has 0 spiro atoms. The summed E-state index contributed by atoms with van der Waals surface area (Å²) in [4.78, 5) is 20.7. The molecule has 1 aliphatic carbocycles. The number of benzene rings is 2. The second-order valence-corrected chi connectivity index (χ2v) is 9.74. The zero-order chi connectivity index (χ0) is 21.4. The van der Waals surface area contributed by atoms with E-state index in [2.05, 4.69) is 0 Å². The number of aliphatic carboxylic acids is 2. The van der Waals surface area contributed by atoms with Crippen LogP contribution in [0.15, 0.2) is 46.2 Å². The lowest BCUT2D eigenvalue weighted by atomic mass is 10.1. The minimum absolute atomic E-state index is 0.131. The van der Waals surface area contributed by atoms with E-state index in [-0.39, 0.29) is 16.2 Å². The third kappa shape index (κ3) is 4.45. The van der Waals surface area contributed by atoms with Crippen LogP contribution >= 0.6 is 0 Å². The van der Waals surface area contributed by atoms with Crippen molar-refractivity contribution >= 4 is 32.0 Å². The Kier molecular flexibility index (Phi) is 5.45. The van der Waals surface area contributed by atoms with Crippen molar-refractivity contribution < 1.29 is 36.6 Å². The number of sulfonamides is 2. The first kappa shape index (κ1) is 20.9. The minimum Gasteiger partial charge on any atom is -0.549 e. The quantitative estimate of drug-likeness (QED) is 0.383. The molecule has 0 saturated carbocycles. The molecule has 2 N–H and O–H groups in total. The van der Waals surface area contributed by atoms with Crippen molar-refractivity contribution in [2.24, 2.45) is 0 Å². The first-order chi connectivity index (χ1) is 13.5. The molecule has 0 radical (unpaired) electrons. The van der Waals surface area contributed by atoms with Crippen molar-refractivity contribution in [3.05, 3.63) is 47.5 Å². The Hall–Kier alpha value is -2.80. The number of fused-ring (bicyclic) bond motifs is 3. The van der Waals surface area contributed by atoms with Crippen molar-refractivity contribution in [2.45, 2.75) is 16.2 Å². The van der Waals surface area contributed by atoms with Crippen LogP contribution in [-0.2, 0) is 36.1 Å². The van der Waals surface area contributed by atoms with Crippen LogP contribution in [0.2, 0.25) is 0 Å². The van der Waals surface area contributed by atoms with Gasteiger partial charge in [0.1, 0.15) is 0 Å². The number of hydrogen-bond acceptors (Lipinski definition) is 8. The summed E-state index contributed by atoms with van der Waals surface area (Å²) in [6.07, 6.45) is 0.248. The molecule has 0 bridgehead atoms. The highest BCUT2D eigenvalue weighted by molar-refractivity contribution is 7.89. The highest BCUT2D eigenvalue weighted by Gasteiger charge is 2.24. The number of nitrogens with one attached hydrogen (secondary N) is 2. The van der Waals surface area contributed by atoms with Crippen LogP contribution < -0.4 is 19.7 Å². The van der Waals surface area contributed by atoms with E-state index in [4.69, 9.17) is 0 Å². The molecule has 0 amide bonds. The van der Waals surface area contributed by atoms with Crippen molar-refractivity contribution in [2.75, 3.05) is 13.1 Å². The molecule has 2 aromatic rings. The molecule has 0 heterocycles. The van der Waals surface area contributed by atoms with Crippen LogP contribution in [0.25, 0.3) is 11.1 Å². The lowest BCUT2D eigenvalue weighted by Gasteiger charge is -2.09. The molecule has 0 atom stereocenters. The molecular formula is C17H14N2O8S2-2. The Morgan fingerprint density at radius 3 is 1.48 bits per heavy atom. The van der Waals surface area contributed by atoms with Gasteiger partial charge in [-0.2, -0.15) is 0 Å². The van der Waals surface area contributed by atoms with Gasteiger partial charge in [-0.05, 0) is 52.9 Å². The Labute approximate surface area is 166 Å². The van der Waals surface area contributed by atoms with Gasteiger partial charge < -0.3 is 19.8 Å². The van der Waals surface area contributed by atoms with E-state index >= 15 is 0 Å². The van der Waals surface area contributed by atoms with E-state index in [9.17, 15) is 36.6 Å². The third-order valence-electron chi connectivity index (χ3n) is 4.26. The van der Waals surface area contributed by atoms with Gasteiger partial charge in [-0.25, -0.2) is 26.3 Å². The number of carboxylic acid groups (broad SMARTS) is 2. The van der Waals surface area contributed by atoms with Crippen LogP contribution in [0.5, 0.6) is 0 Å². The van der Waals surface area contributed by atoms with Crippen LogP contribution in [0.4, 0.5) is 0 Å². The normalized spacial score (nSPS) is 13.0. The number of carbonyl (C=O) groups excluding carboxylic acids is 2. The van der Waals surface area contributed by atoms with Gasteiger partial charge in [0, 0.05) is 0 Å². The summed E-state index contributed by atoms with van der Waals surface area (Å²) < 4.78 is 52.5. The molecule has 0 fully saturated rings. The molecule has 12 heteroatoms. The first-order valence-electron chi connectivity index (χ1n) is 8.15. The van der Waals surface area contributed by atoms with Crippen LogP contribution in [0.1, 0.15) is 11.1 Å². The van der Waals surface area contributed by atoms with Gasteiger partial charge in [0.25, 0.3) is 0 Å². The standard InChI is InChI=1S/C17H16N2O8S2/c20-16(21)8-18-28(24,25)12-1-3-14-10(6-12)5-11-7-13(2-4-15(11)14)29(26,27)19-9-17(22)23/h1-4,6-7,18-19H,5,8-9H2,(H,20,21)(H,22,23)/p-2. The molecular weight excluding hydrogens is 424 g/mol. The van der Waals surface area contributed by atoms with Gasteiger partial charge >= 0.3 is 0 Å². The minimum atomic E-state index is -4.05. The maximum Gasteiger partial charge on any atom is 0.240 e. The lowest BCUT2D eigenvalue weighted by Crippen LogP contribution is -2.37. The average molecular weight is 438 g/mol. The second kappa shape index (κ2) is 7.55. The fraction of sp³-hybridized carbons (Fsp3) is 0.176. The molecule has 29 heavy (non-hydrogen) atoms. The Bertz CT molecular complexity index is 1120. The van der Waals surface area contributed by atoms with Crippen LogP contribution in [0, 0.1) is 0 Å². The van der Waals surface area contributed by atoms with Gasteiger partial charge in [-0.15, -0.1) is 0 Å². The number of carboxylic acids is 2. The smallest absolute Gasteiger partial charge is 0.240 e. The van der Waals surface area contributed by atoms with Crippen molar-refractivity contribution in [3.63, 3.8) is 0 Å². The molecule has 154 valence electrons. The fourth-order valence-electron chi connectivity index (χ4n) is 2.97. The van der Waals surface area contributed by atoms with Crippen molar-refractivity contribution in [3.8, 4) is 11.1 Å². The summed E-state index contributed by atoms with van der Waals surface area (Å²) in [6, 6.07) is 8.51. The Balaban J connectivity index is 1.89. The maximum absolute atomic E-state index is 12.2.